The molecule has 5 nitrogen and oxygen atoms in total. The maximum absolute atomic E-state index is 13.5. The molecule has 3 aromatic carbocycles. The number of hydrogen-bond acceptors (Lipinski definition) is 3. The van der Waals surface area contributed by atoms with Gasteiger partial charge >= 0.3 is 0 Å². The van der Waals surface area contributed by atoms with Crippen molar-refractivity contribution in [1.82, 2.24) is 10.2 Å². The number of ether oxygens (including phenoxy) is 1. The lowest BCUT2D eigenvalue weighted by Gasteiger charge is -2.31. The van der Waals surface area contributed by atoms with Gasteiger partial charge in [-0.3, -0.25) is 9.59 Å². The number of hydrogen-bond donors (Lipinski definition) is 1. The quantitative estimate of drug-likeness (QED) is 0.276. The highest BCUT2D eigenvalue weighted by molar-refractivity contribution is 9.10. The number of amides is 2. The number of carbonyl (C=O) groups excluding carboxylic acids is 2. The van der Waals surface area contributed by atoms with Gasteiger partial charge in [-0.1, -0.05) is 83.3 Å². The van der Waals surface area contributed by atoms with Crippen LogP contribution in [0.25, 0.3) is 0 Å². The van der Waals surface area contributed by atoms with Crippen molar-refractivity contribution >= 4 is 39.3 Å². The Kier molecular flexibility index (Phi) is 10.6. The van der Waals surface area contributed by atoms with Gasteiger partial charge in [0, 0.05) is 29.0 Å². The molecule has 0 radical (unpaired) electrons. The minimum Gasteiger partial charge on any atom is -0.484 e. The molecule has 3 rings (SSSR count). The second-order valence-electron chi connectivity index (χ2n) is 8.24. The first-order valence-corrected chi connectivity index (χ1v) is 12.9. The summed E-state index contributed by atoms with van der Waals surface area (Å²) in [5, 5.41) is 3.63. The number of benzene rings is 3. The van der Waals surface area contributed by atoms with Gasteiger partial charge in [0.2, 0.25) is 5.91 Å². The fraction of sp³-hybridized carbons (Fsp3) is 0.286. The molecule has 35 heavy (non-hydrogen) atoms. The molecule has 0 aromatic heterocycles. The van der Waals surface area contributed by atoms with Crippen molar-refractivity contribution in [3.8, 4) is 5.75 Å². The Hall–Kier alpha value is -2.83. The van der Waals surface area contributed by atoms with E-state index in [-0.39, 0.29) is 25.0 Å². The van der Waals surface area contributed by atoms with E-state index in [9.17, 15) is 9.59 Å². The van der Waals surface area contributed by atoms with E-state index < -0.39 is 6.04 Å². The normalized spacial score (nSPS) is 11.5. The third-order valence-electron chi connectivity index (χ3n) is 5.54. The first-order chi connectivity index (χ1) is 17.0. The van der Waals surface area contributed by atoms with Gasteiger partial charge in [0.25, 0.3) is 5.91 Å². The van der Waals surface area contributed by atoms with Crippen LogP contribution in [0.5, 0.6) is 5.75 Å². The number of nitrogens with one attached hydrogen (secondary N) is 1. The van der Waals surface area contributed by atoms with E-state index in [0.29, 0.717) is 23.7 Å². The third-order valence-corrected chi connectivity index (χ3v) is 6.32. The van der Waals surface area contributed by atoms with Gasteiger partial charge in [0.15, 0.2) is 6.61 Å². The van der Waals surface area contributed by atoms with E-state index in [4.69, 9.17) is 16.3 Å². The van der Waals surface area contributed by atoms with E-state index >= 15 is 0 Å². The molecule has 0 heterocycles. The summed E-state index contributed by atoms with van der Waals surface area (Å²) in [6, 6.07) is 23.6. The van der Waals surface area contributed by atoms with E-state index in [1.54, 1.807) is 29.2 Å². The summed E-state index contributed by atoms with van der Waals surface area (Å²) in [5.41, 5.74) is 1.86. The minimum atomic E-state index is -0.689. The lowest BCUT2D eigenvalue weighted by atomic mass is 10.0. The fourth-order valence-electron chi connectivity index (χ4n) is 3.61. The van der Waals surface area contributed by atoms with Crippen LogP contribution < -0.4 is 10.1 Å². The maximum atomic E-state index is 13.5. The summed E-state index contributed by atoms with van der Waals surface area (Å²) >= 11 is 9.46. The molecule has 0 saturated carbocycles. The molecule has 0 spiro atoms. The topological polar surface area (TPSA) is 58.6 Å². The van der Waals surface area contributed by atoms with Gasteiger partial charge in [0.1, 0.15) is 11.8 Å². The largest absolute Gasteiger partial charge is 0.484 e. The molecular weight excluding hydrogens is 528 g/mol. The van der Waals surface area contributed by atoms with Crippen molar-refractivity contribution in [1.29, 1.82) is 0 Å². The maximum Gasteiger partial charge on any atom is 0.261 e. The van der Waals surface area contributed by atoms with Gasteiger partial charge in [-0.15, -0.1) is 0 Å². The second-order valence-corrected chi connectivity index (χ2v) is 9.59. The molecular formula is C28H30BrClN2O3. The minimum absolute atomic E-state index is 0.173. The van der Waals surface area contributed by atoms with Crippen molar-refractivity contribution in [2.75, 3.05) is 13.2 Å². The van der Waals surface area contributed by atoms with E-state index in [1.807, 2.05) is 54.6 Å². The molecule has 0 unspecified atom stereocenters. The zero-order chi connectivity index (χ0) is 25.0. The van der Waals surface area contributed by atoms with Crippen LogP contribution in [0.1, 0.15) is 30.9 Å². The molecule has 7 heteroatoms. The number of unbranched alkanes of at least 4 members (excludes halogenated alkanes) is 1. The molecule has 0 saturated heterocycles. The molecule has 0 aliphatic rings. The standard InChI is InChI=1S/C28H30BrClN2O3/c1-2-3-17-31-28(34)26(18-21-7-5-4-6-8-21)32(19-22-9-13-24(30)14-10-22)27(33)20-35-25-15-11-23(29)12-16-25/h4-16,26H,2-3,17-20H2,1H3,(H,31,34)/t26-/m0/s1. The number of halogens is 2. The third kappa shape index (κ3) is 8.71. The number of nitrogens with zero attached hydrogens (tertiary/aromatic N) is 1. The van der Waals surface area contributed by atoms with Gasteiger partial charge in [-0.2, -0.15) is 0 Å². The summed E-state index contributed by atoms with van der Waals surface area (Å²) in [6.07, 6.45) is 2.25. The first kappa shape index (κ1) is 26.8. The summed E-state index contributed by atoms with van der Waals surface area (Å²) in [6.45, 7) is 2.73. The van der Waals surface area contributed by atoms with Crippen molar-refractivity contribution in [2.24, 2.45) is 0 Å². The summed E-state index contributed by atoms with van der Waals surface area (Å²) in [5.74, 6) is 0.141. The highest BCUT2D eigenvalue weighted by Gasteiger charge is 2.30. The number of carbonyl (C=O) groups is 2. The van der Waals surface area contributed by atoms with Crippen LogP contribution in [0.3, 0.4) is 0 Å². The van der Waals surface area contributed by atoms with Crippen LogP contribution in [0.15, 0.2) is 83.3 Å². The molecule has 0 fully saturated rings. The zero-order valence-electron chi connectivity index (χ0n) is 19.8. The second kappa shape index (κ2) is 13.9. The van der Waals surface area contributed by atoms with E-state index in [0.717, 1.165) is 28.4 Å². The Labute approximate surface area is 220 Å². The molecule has 2 amide bonds. The molecule has 3 aromatic rings. The van der Waals surface area contributed by atoms with Crippen molar-refractivity contribution in [2.45, 2.75) is 38.8 Å². The van der Waals surface area contributed by atoms with Crippen LogP contribution in [-0.2, 0) is 22.6 Å². The van der Waals surface area contributed by atoms with Crippen molar-refractivity contribution in [3.63, 3.8) is 0 Å². The molecule has 0 bridgehead atoms. The SMILES string of the molecule is CCCCNC(=O)[C@H](Cc1ccccc1)N(Cc1ccc(Cl)cc1)C(=O)COc1ccc(Br)cc1. The Morgan fingerprint density at radius 1 is 0.971 bits per heavy atom. The van der Waals surface area contributed by atoms with Gasteiger partial charge in [0.05, 0.1) is 0 Å². The van der Waals surface area contributed by atoms with E-state index in [1.165, 1.54) is 0 Å². The zero-order valence-corrected chi connectivity index (χ0v) is 22.1. The predicted octanol–water partition coefficient (Wildman–Crippen LogP) is 6.04. The molecule has 184 valence electrons. The lowest BCUT2D eigenvalue weighted by molar-refractivity contribution is -0.142. The Morgan fingerprint density at radius 2 is 1.66 bits per heavy atom. The lowest BCUT2D eigenvalue weighted by Crippen LogP contribution is -2.51. The monoisotopic (exact) mass is 556 g/mol. The Morgan fingerprint density at radius 3 is 2.31 bits per heavy atom. The fourth-order valence-corrected chi connectivity index (χ4v) is 4.00. The Bertz CT molecular complexity index is 1080. The van der Waals surface area contributed by atoms with Crippen LogP contribution in [0.4, 0.5) is 0 Å². The van der Waals surface area contributed by atoms with Crippen LogP contribution in [-0.4, -0.2) is 35.9 Å². The van der Waals surface area contributed by atoms with E-state index in [2.05, 4.69) is 28.2 Å². The highest BCUT2D eigenvalue weighted by Crippen LogP contribution is 2.19. The molecule has 0 aliphatic carbocycles. The Balaban J connectivity index is 1.86. The predicted molar refractivity (Wildman–Crippen MR) is 143 cm³/mol. The molecule has 1 N–H and O–H groups in total. The van der Waals surface area contributed by atoms with Crippen LogP contribution in [0, 0.1) is 0 Å². The highest BCUT2D eigenvalue weighted by atomic mass is 79.9. The number of rotatable bonds is 12. The van der Waals surface area contributed by atoms with Crippen molar-refractivity contribution < 1.29 is 14.3 Å². The van der Waals surface area contributed by atoms with Crippen LogP contribution >= 0.6 is 27.5 Å². The van der Waals surface area contributed by atoms with Crippen molar-refractivity contribution in [3.05, 3.63) is 99.5 Å². The summed E-state index contributed by atoms with van der Waals surface area (Å²) in [7, 11) is 0. The van der Waals surface area contributed by atoms with Gasteiger partial charge in [-0.05, 0) is 53.9 Å². The average Bonchev–Trinajstić information content (AvgIpc) is 2.87. The average molecular weight is 558 g/mol. The van der Waals surface area contributed by atoms with Gasteiger partial charge < -0.3 is 15.0 Å². The molecule has 1 atom stereocenters. The van der Waals surface area contributed by atoms with Gasteiger partial charge in [-0.25, -0.2) is 0 Å². The molecule has 0 aliphatic heterocycles. The summed E-state index contributed by atoms with van der Waals surface area (Å²) in [4.78, 5) is 28.5. The van der Waals surface area contributed by atoms with Crippen LogP contribution in [0.2, 0.25) is 5.02 Å². The summed E-state index contributed by atoms with van der Waals surface area (Å²) < 4.78 is 6.70. The first-order valence-electron chi connectivity index (χ1n) is 11.7. The smallest absolute Gasteiger partial charge is 0.261 e.